The molecule has 7 nitrogen and oxygen atoms in total. The van der Waals surface area contributed by atoms with Gasteiger partial charge in [-0.05, 0) is 13.3 Å². The second-order valence-corrected chi connectivity index (χ2v) is 6.44. The molecule has 2 heterocycles. The Morgan fingerprint density at radius 3 is 2.61 bits per heavy atom. The zero-order valence-electron chi connectivity index (χ0n) is 14.2. The van der Waals surface area contributed by atoms with E-state index in [0.29, 0.717) is 45.8 Å². The van der Waals surface area contributed by atoms with Crippen LogP contribution in [0.15, 0.2) is 0 Å². The maximum atomic E-state index is 12.5. The van der Waals surface area contributed by atoms with Gasteiger partial charge in [-0.15, -0.1) is 0 Å². The third-order valence-electron chi connectivity index (χ3n) is 4.68. The lowest BCUT2D eigenvalue weighted by Crippen LogP contribution is -2.53. The lowest BCUT2D eigenvalue weighted by atomic mass is 9.94. The molecule has 0 aromatic heterocycles. The number of aliphatic hydroxyl groups excluding tert-OH is 1. The van der Waals surface area contributed by atoms with Gasteiger partial charge in [-0.25, -0.2) is 0 Å². The number of piperidine rings is 1. The molecule has 0 radical (unpaired) electrons. The molecule has 0 aliphatic carbocycles. The van der Waals surface area contributed by atoms with Gasteiger partial charge in [0.25, 0.3) is 0 Å². The highest BCUT2D eigenvalue weighted by atomic mass is 16.5. The molecule has 2 saturated heterocycles. The summed E-state index contributed by atoms with van der Waals surface area (Å²) in [5, 5.41) is 9.88. The number of rotatable bonds is 6. The van der Waals surface area contributed by atoms with Crippen molar-refractivity contribution in [3.05, 3.63) is 0 Å². The van der Waals surface area contributed by atoms with E-state index in [1.807, 2.05) is 11.8 Å². The number of likely N-dealkylation sites (tertiary alicyclic amines) is 1. The van der Waals surface area contributed by atoms with E-state index in [1.54, 1.807) is 11.9 Å². The van der Waals surface area contributed by atoms with E-state index in [-0.39, 0.29) is 17.7 Å². The molecular formula is C16H29N3O4. The fourth-order valence-corrected chi connectivity index (χ4v) is 3.17. The van der Waals surface area contributed by atoms with Crippen molar-refractivity contribution >= 4 is 11.8 Å². The fraction of sp³-hybridized carbons (Fsp3) is 0.875. The molecule has 2 rings (SSSR count). The topological polar surface area (TPSA) is 73.3 Å². The van der Waals surface area contributed by atoms with E-state index in [2.05, 4.69) is 4.90 Å². The van der Waals surface area contributed by atoms with Gasteiger partial charge in [0.05, 0.1) is 12.7 Å². The van der Waals surface area contributed by atoms with Crippen LogP contribution in [0.2, 0.25) is 0 Å². The molecule has 0 unspecified atom stereocenters. The number of hydrogen-bond acceptors (Lipinski definition) is 5. The maximum Gasteiger partial charge on any atom is 0.226 e. The Labute approximate surface area is 138 Å². The molecule has 2 aliphatic heterocycles. The molecule has 0 saturated carbocycles. The largest absolute Gasteiger partial charge is 0.389 e. The summed E-state index contributed by atoms with van der Waals surface area (Å²) in [5.74, 6) is 0.0158. The molecule has 0 aromatic carbocycles. The van der Waals surface area contributed by atoms with Crippen molar-refractivity contribution in [1.82, 2.24) is 14.7 Å². The minimum Gasteiger partial charge on any atom is -0.389 e. The molecule has 2 fully saturated rings. The Balaban J connectivity index is 1.73. The van der Waals surface area contributed by atoms with Crippen LogP contribution in [0.3, 0.4) is 0 Å². The maximum absolute atomic E-state index is 12.5. The smallest absolute Gasteiger partial charge is 0.226 e. The minimum atomic E-state index is -0.483. The van der Waals surface area contributed by atoms with Crippen LogP contribution in [-0.2, 0) is 14.3 Å². The first-order valence-electron chi connectivity index (χ1n) is 8.52. The summed E-state index contributed by atoms with van der Waals surface area (Å²) < 4.78 is 5.22. The van der Waals surface area contributed by atoms with Crippen molar-refractivity contribution in [2.75, 3.05) is 59.5 Å². The van der Waals surface area contributed by atoms with Gasteiger partial charge < -0.3 is 19.6 Å². The third-order valence-corrected chi connectivity index (χ3v) is 4.68. The van der Waals surface area contributed by atoms with E-state index >= 15 is 0 Å². The van der Waals surface area contributed by atoms with Crippen LogP contribution in [-0.4, -0.2) is 97.3 Å². The highest BCUT2D eigenvalue weighted by Crippen LogP contribution is 2.20. The van der Waals surface area contributed by atoms with E-state index in [0.717, 1.165) is 19.5 Å². The minimum absolute atomic E-state index is 0.0623. The number of hydrogen-bond donors (Lipinski definition) is 1. The number of aliphatic hydroxyl groups is 1. The van der Waals surface area contributed by atoms with Crippen LogP contribution in [0.5, 0.6) is 0 Å². The van der Waals surface area contributed by atoms with Gasteiger partial charge in [0.15, 0.2) is 0 Å². The first-order valence-corrected chi connectivity index (χ1v) is 8.52. The lowest BCUT2D eigenvalue weighted by molar-refractivity contribution is -0.145. The Bertz CT molecular complexity index is 410. The van der Waals surface area contributed by atoms with E-state index in [1.165, 1.54) is 0 Å². The second kappa shape index (κ2) is 8.61. The predicted octanol–water partition coefficient (Wildman–Crippen LogP) is -0.604. The van der Waals surface area contributed by atoms with Gasteiger partial charge in [0, 0.05) is 65.3 Å². The van der Waals surface area contributed by atoms with Gasteiger partial charge >= 0.3 is 0 Å². The van der Waals surface area contributed by atoms with Crippen molar-refractivity contribution in [2.45, 2.75) is 25.9 Å². The van der Waals surface area contributed by atoms with Crippen LogP contribution in [0.4, 0.5) is 0 Å². The zero-order chi connectivity index (χ0) is 16.8. The van der Waals surface area contributed by atoms with Gasteiger partial charge in [-0.3, -0.25) is 14.5 Å². The van der Waals surface area contributed by atoms with Crippen molar-refractivity contribution in [1.29, 1.82) is 0 Å². The van der Waals surface area contributed by atoms with Gasteiger partial charge in [-0.2, -0.15) is 0 Å². The molecule has 0 aromatic rings. The number of ether oxygens (including phenoxy) is 1. The van der Waals surface area contributed by atoms with E-state index < -0.39 is 6.10 Å². The number of nitrogens with zero attached hydrogens (tertiary/aromatic N) is 3. The highest BCUT2D eigenvalue weighted by Gasteiger charge is 2.33. The van der Waals surface area contributed by atoms with E-state index in [9.17, 15) is 14.7 Å². The van der Waals surface area contributed by atoms with Crippen LogP contribution >= 0.6 is 0 Å². The molecule has 2 atom stereocenters. The molecule has 2 aliphatic rings. The van der Waals surface area contributed by atoms with Crippen LogP contribution < -0.4 is 0 Å². The van der Waals surface area contributed by atoms with Crippen molar-refractivity contribution < 1.29 is 19.4 Å². The van der Waals surface area contributed by atoms with E-state index in [4.69, 9.17) is 4.74 Å². The monoisotopic (exact) mass is 327 g/mol. The third kappa shape index (κ3) is 5.16. The lowest BCUT2D eigenvalue weighted by Gasteiger charge is -2.38. The van der Waals surface area contributed by atoms with Gasteiger partial charge in [0.1, 0.15) is 0 Å². The Morgan fingerprint density at radius 2 is 2.00 bits per heavy atom. The van der Waals surface area contributed by atoms with Crippen molar-refractivity contribution in [3.63, 3.8) is 0 Å². The summed E-state index contributed by atoms with van der Waals surface area (Å²) in [6.07, 6.45) is 0.612. The SMILES string of the molecule is CCOC[C@H](O)CN1CCN(C(=O)[C@@H]2CCN(C)C(=O)C2)CC1. The number of piperazine rings is 1. The van der Waals surface area contributed by atoms with Crippen molar-refractivity contribution in [3.8, 4) is 0 Å². The Kier molecular flexibility index (Phi) is 6.80. The van der Waals surface area contributed by atoms with Crippen LogP contribution in [0.25, 0.3) is 0 Å². The second-order valence-electron chi connectivity index (χ2n) is 6.44. The molecule has 132 valence electrons. The number of amides is 2. The van der Waals surface area contributed by atoms with Crippen molar-refractivity contribution in [2.24, 2.45) is 5.92 Å². The molecule has 23 heavy (non-hydrogen) atoms. The Morgan fingerprint density at radius 1 is 1.30 bits per heavy atom. The Hall–Kier alpha value is -1.18. The molecule has 0 spiro atoms. The summed E-state index contributed by atoms with van der Waals surface area (Å²) in [5.41, 5.74) is 0. The van der Waals surface area contributed by atoms with Gasteiger partial charge in [-0.1, -0.05) is 0 Å². The molecule has 2 amide bonds. The summed E-state index contributed by atoms with van der Waals surface area (Å²) in [7, 11) is 1.79. The highest BCUT2D eigenvalue weighted by molar-refractivity contribution is 5.86. The summed E-state index contributed by atoms with van der Waals surface area (Å²) in [6.45, 7) is 6.97. The first kappa shape index (κ1) is 18.2. The number of β-amino-alcohol motifs (C(OH)–C–C–N with tert-alkyl or cyclic N) is 1. The fourth-order valence-electron chi connectivity index (χ4n) is 3.17. The average molecular weight is 327 g/mol. The first-order chi connectivity index (χ1) is 11.0. The van der Waals surface area contributed by atoms with Crippen LogP contribution in [0.1, 0.15) is 19.8 Å². The summed E-state index contributed by atoms with van der Waals surface area (Å²) in [4.78, 5) is 30.0. The summed E-state index contributed by atoms with van der Waals surface area (Å²) >= 11 is 0. The molecule has 1 N–H and O–H groups in total. The van der Waals surface area contributed by atoms with Crippen LogP contribution in [0, 0.1) is 5.92 Å². The normalized spacial score (nSPS) is 24.8. The number of carbonyl (C=O) groups excluding carboxylic acids is 2. The standard InChI is InChI=1S/C16H29N3O4/c1-3-23-12-14(20)11-18-6-8-19(9-7-18)16(22)13-4-5-17(2)15(21)10-13/h13-14,20H,3-12H2,1-2H3/t13-,14-/m1/s1. The average Bonchev–Trinajstić information content (AvgIpc) is 2.55. The predicted molar refractivity (Wildman–Crippen MR) is 85.9 cm³/mol. The quantitative estimate of drug-likeness (QED) is 0.705. The molecule has 0 bridgehead atoms. The number of carbonyl (C=O) groups is 2. The molecular weight excluding hydrogens is 298 g/mol. The zero-order valence-corrected chi connectivity index (χ0v) is 14.2. The molecule has 7 heteroatoms. The van der Waals surface area contributed by atoms with Gasteiger partial charge in [0.2, 0.25) is 11.8 Å². The summed E-state index contributed by atoms with van der Waals surface area (Å²) in [6, 6.07) is 0.